The Bertz CT molecular complexity index is 411. The van der Waals surface area contributed by atoms with Crippen molar-refractivity contribution >= 4 is 11.8 Å². The maximum absolute atomic E-state index is 12.1. The molecule has 1 rings (SSSR count). The van der Waals surface area contributed by atoms with Gasteiger partial charge in [0.15, 0.2) is 0 Å². The van der Waals surface area contributed by atoms with Crippen molar-refractivity contribution in [3.8, 4) is 0 Å². The average Bonchev–Trinajstić information content (AvgIpc) is 2.43. The van der Waals surface area contributed by atoms with Crippen LogP contribution in [-0.4, -0.2) is 17.9 Å². The van der Waals surface area contributed by atoms with Crippen LogP contribution in [-0.2, 0) is 14.3 Å². The second-order valence-corrected chi connectivity index (χ2v) is 4.66. The van der Waals surface area contributed by atoms with Gasteiger partial charge in [-0.2, -0.15) is 0 Å². The molecule has 0 heterocycles. The predicted molar refractivity (Wildman–Crippen MR) is 74.9 cm³/mol. The van der Waals surface area contributed by atoms with E-state index in [1.165, 1.54) is 6.92 Å². The van der Waals surface area contributed by atoms with Crippen molar-refractivity contribution in [1.29, 1.82) is 0 Å². The van der Waals surface area contributed by atoms with Crippen LogP contribution in [0, 0.1) is 0 Å². The Kier molecular flexibility index (Phi) is 6.26. The highest BCUT2D eigenvalue weighted by Crippen LogP contribution is 2.25. The van der Waals surface area contributed by atoms with Crippen LogP contribution in [0.2, 0.25) is 0 Å². The van der Waals surface area contributed by atoms with Crippen molar-refractivity contribution in [3.63, 3.8) is 0 Å². The Labute approximate surface area is 115 Å². The van der Waals surface area contributed by atoms with Gasteiger partial charge in [0, 0.05) is 19.3 Å². The number of ether oxygens (including phenoxy) is 1. The Hall–Kier alpha value is -1.64. The van der Waals surface area contributed by atoms with Gasteiger partial charge in [0.25, 0.3) is 0 Å². The van der Waals surface area contributed by atoms with Gasteiger partial charge in [0.1, 0.15) is 11.9 Å². The average molecular weight is 262 g/mol. The first-order valence-electron chi connectivity index (χ1n) is 6.83. The lowest BCUT2D eigenvalue weighted by Gasteiger charge is -2.21. The third-order valence-electron chi connectivity index (χ3n) is 3.23. The van der Waals surface area contributed by atoms with E-state index >= 15 is 0 Å². The molecule has 3 heteroatoms. The molecule has 0 amide bonds. The molecule has 0 aliphatic carbocycles. The van der Waals surface area contributed by atoms with Crippen LogP contribution >= 0.6 is 0 Å². The Morgan fingerprint density at radius 1 is 1.16 bits per heavy atom. The number of Topliss-reactive ketones (excluding diaryl/α,β-unsaturated/α-hetero) is 1. The molecule has 0 N–H and O–H groups in total. The monoisotopic (exact) mass is 262 g/mol. The second kappa shape index (κ2) is 7.72. The van der Waals surface area contributed by atoms with E-state index in [9.17, 15) is 9.59 Å². The molecule has 1 aromatic rings. The van der Waals surface area contributed by atoms with Crippen molar-refractivity contribution < 1.29 is 14.3 Å². The molecular weight excluding hydrogens is 240 g/mol. The highest BCUT2D eigenvalue weighted by molar-refractivity contribution is 5.85. The first kappa shape index (κ1) is 15.4. The smallest absolute Gasteiger partial charge is 0.302 e. The fourth-order valence-electron chi connectivity index (χ4n) is 2.18. The highest BCUT2D eigenvalue weighted by atomic mass is 16.5. The van der Waals surface area contributed by atoms with Crippen molar-refractivity contribution in [1.82, 2.24) is 0 Å². The van der Waals surface area contributed by atoms with Gasteiger partial charge in [0.2, 0.25) is 0 Å². The summed E-state index contributed by atoms with van der Waals surface area (Å²) in [7, 11) is 0. The minimum atomic E-state index is -0.289. The summed E-state index contributed by atoms with van der Waals surface area (Å²) in [4.78, 5) is 23.2. The summed E-state index contributed by atoms with van der Waals surface area (Å²) in [5, 5.41) is 0. The first-order valence-corrected chi connectivity index (χ1v) is 6.83. The van der Waals surface area contributed by atoms with E-state index in [4.69, 9.17) is 4.74 Å². The molecule has 0 fully saturated rings. The predicted octanol–water partition coefficient (Wildman–Crippen LogP) is 3.48. The molecule has 0 aliphatic rings. The zero-order valence-corrected chi connectivity index (χ0v) is 11.9. The molecule has 0 spiro atoms. The van der Waals surface area contributed by atoms with E-state index < -0.39 is 0 Å². The number of carbonyl (C=O) groups is 2. The topological polar surface area (TPSA) is 43.4 Å². The minimum Gasteiger partial charge on any atom is -0.463 e. The molecule has 104 valence electrons. The summed E-state index contributed by atoms with van der Waals surface area (Å²) in [6.45, 7) is 5.24. The largest absolute Gasteiger partial charge is 0.463 e. The fourth-order valence-corrected chi connectivity index (χ4v) is 2.18. The van der Waals surface area contributed by atoms with Gasteiger partial charge >= 0.3 is 5.97 Å². The Morgan fingerprint density at radius 2 is 1.79 bits per heavy atom. The van der Waals surface area contributed by atoms with E-state index in [1.807, 2.05) is 44.2 Å². The summed E-state index contributed by atoms with van der Waals surface area (Å²) in [5.41, 5.74) is 1.000. The molecule has 1 aromatic carbocycles. The number of benzene rings is 1. The quantitative estimate of drug-likeness (QED) is 0.706. The standard InChI is InChI=1S/C16H22O3/c1-4-14(19-12(3)17)11-15(16(18)5-2)13-9-7-6-8-10-13/h6-10,14-15H,4-5,11H2,1-3H3. The number of hydrogen-bond donors (Lipinski definition) is 0. The van der Waals surface area contributed by atoms with Gasteiger partial charge in [-0.3, -0.25) is 9.59 Å². The lowest BCUT2D eigenvalue weighted by atomic mass is 9.87. The van der Waals surface area contributed by atoms with Crippen LogP contribution in [0.4, 0.5) is 0 Å². The van der Waals surface area contributed by atoms with Crippen LogP contribution in [0.1, 0.15) is 51.5 Å². The van der Waals surface area contributed by atoms with Gasteiger partial charge < -0.3 is 4.74 Å². The van der Waals surface area contributed by atoms with Crippen LogP contribution in [0.15, 0.2) is 30.3 Å². The van der Waals surface area contributed by atoms with Gasteiger partial charge in [-0.25, -0.2) is 0 Å². The minimum absolute atomic E-state index is 0.185. The van der Waals surface area contributed by atoms with Crippen LogP contribution in [0.5, 0.6) is 0 Å². The van der Waals surface area contributed by atoms with Crippen molar-refractivity contribution in [3.05, 3.63) is 35.9 Å². The van der Waals surface area contributed by atoms with Crippen molar-refractivity contribution in [2.45, 2.75) is 52.1 Å². The third-order valence-corrected chi connectivity index (χ3v) is 3.23. The van der Waals surface area contributed by atoms with Crippen LogP contribution < -0.4 is 0 Å². The summed E-state index contributed by atoms with van der Waals surface area (Å²) in [5.74, 6) is -0.282. The highest BCUT2D eigenvalue weighted by Gasteiger charge is 2.24. The lowest BCUT2D eigenvalue weighted by Crippen LogP contribution is -2.22. The van der Waals surface area contributed by atoms with Gasteiger partial charge in [-0.1, -0.05) is 44.2 Å². The fraction of sp³-hybridized carbons (Fsp3) is 0.500. The van der Waals surface area contributed by atoms with Crippen molar-refractivity contribution in [2.75, 3.05) is 0 Å². The first-order chi connectivity index (χ1) is 9.08. The van der Waals surface area contributed by atoms with Gasteiger partial charge in [0.05, 0.1) is 0 Å². The number of esters is 1. The Morgan fingerprint density at radius 3 is 2.26 bits per heavy atom. The molecule has 3 nitrogen and oxygen atoms in total. The maximum Gasteiger partial charge on any atom is 0.302 e. The normalized spacial score (nSPS) is 13.6. The SMILES string of the molecule is CCC(=O)C(CC(CC)OC(C)=O)c1ccccc1. The molecule has 2 atom stereocenters. The summed E-state index contributed by atoms with van der Waals surface area (Å²) in [6, 6.07) is 9.70. The zero-order valence-electron chi connectivity index (χ0n) is 11.9. The summed E-state index contributed by atoms with van der Waals surface area (Å²) < 4.78 is 5.25. The van der Waals surface area contributed by atoms with Crippen molar-refractivity contribution in [2.24, 2.45) is 0 Å². The van der Waals surface area contributed by atoms with E-state index in [-0.39, 0.29) is 23.8 Å². The Balaban J connectivity index is 2.86. The molecular formula is C16H22O3. The van der Waals surface area contributed by atoms with E-state index in [0.717, 1.165) is 12.0 Å². The lowest BCUT2D eigenvalue weighted by molar-refractivity contribution is -0.147. The molecule has 2 unspecified atom stereocenters. The van der Waals surface area contributed by atoms with Crippen LogP contribution in [0.3, 0.4) is 0 Å². The molecule has 0 saturated carbocycles. The van der Waals surface area contributed by atoms with Gasteiger partial charge in [-0.05, 0) is 18.4 Å². The number of rotatable bonds is 7. The molecule has 0 bridgehead atoms. The zero-order chi connectivity index (χ0) is 14.3. The van der Waals surface area contributed by atoms with E-state index in [0.29, 0.717) is 12.8 Å². The van der Waals surface area contributed by atoms with Crippen LogP contribution in [0.25, 0.3) is 0 Å². The summed E-state index contributed by atoms with van der Waals surface area (Å²) >= 11 is 0. The number of carbonyl (C=O) groups excluding carboxylic acids is 2. The molecule has 19 heavy (non-hydrogen) atoms. The molecule has 0 aliphatic heterocycles. The molecule has 0 saturated heterocycles. The summed E-state index contributed by atoms with van der Waals surface area (Å²) in [6.07, 6.45) is 1.58. The molecule has 0 aromatic heterocycles. The second-order valence-electron chi connectivity index (χ2n) is 4.66. The number of hydrogen-bond acceptors (Lipinski definition) is 3. The molecule has 0 radical (unpaired) electrons. The third kappa shape index (κ3) is 4.86. The van der Waals surface area contributed by atoms with Gasteiger partial charge in [-0.15, -0.1) is 0 Å². The number of ketones is 1. The van der Waals surface area contributed by atoms with E-state index in [1.54, 1.807) is 0 Å². The van der Waals surface area contributed by atoms with E-state index in [2.05, 4.69) is 0 Å². The maximum atomic E-state index is 12.1.